The highest BCUT2D eigenvalue weighted by molar-refractivity contribution is 5.96. The zero-order chi connectivity index (χ0) is 22.1. The van der Waals surface area contributed by atoms with Gasteiger partial charge in [0.15, 0.2) is 0 Å². The first-order valence-electron chi connectivity index (χ1n) is 8.93. The monoisotopic (exact) mass is 420 g/mol. The van der Waals surface area contributed by atoms with E-state index in [1.165, 1.54) is 24.1 Å². The van der Waals surface area contributed by atoms with Crippen molar-refractivity contribution >= 4 is 22.6 Å². The number of anilines is 1. The Morgan fingerprint density at radius 2 is 1.87 bits per heavy atom. The van der Waals surface area contributed by atoms with Crippen LogP contribution in [0.5, 0.6) is 0 Å². The van der Waals surface area contributed by atoms with Crippen LogP contribution in [0, 0.1) is 6.92 Å². The number of hydrogen-bond donors (Lipinski definition) is 1. The molecule has 1 aromatic heterocycles. The summed E-state index contributed by atoms with van der Waals surface area (Å²) in [5, 5.41) is 0.642. The number of ether oxygens (including phenoxy) is 1. The summed E-state index contributed by atoms with van der Waals surface area (Å²) in [7, 11) is 1.40. The van der Waals surface area contributed by atoms with Crippen molar-refractivity contribution in [3.05, 3.63) is 64.5 Å². The predicted octanol–water partition coefficient (Wildman–Crippen LogP) is 3.59. The Kier molecular flexibility index (Phi) is 5.84. The smallest absolute Gasteiger partial charge is 0.423 e. The van der Waals surface area contributed by atoms with Crippen molar-refractivity contribution in [2.75, 3.05) is 18.6 Å². The van der Waals surface area contributed by atoms with Crippen molar-refractivity contribution < 1.29 is 27.1 Å². The molecule has 9 heteroatoms. The third-order valence-electron chi connectivity index (χ3n) is 4.77. The number of likely N-dealkylation sites (N-methyl/N-ethyl adjacent to an activating group) is 1. The van der Waals surface area contributed by atoms with Gasteiger partial charge in [-0.15, -0.1) is 13.2 Å². The molecule has 2 aromatic carbocycles. The summed E-state index contributed by atoms with van der Waals surface area (Å²) in [5.41, 5.74) is 7.72. The van der Waals surface area contributed by atoms with Crippen molar-refractivity contribution in [1.82, 2.24) is 0 Å². The van der Waals surface area contributed by atoms with Gasteiger partial charge in [-0.25, -0.2) is 4.79 Å². The van der Waals surface area contributed by atoms with Crippen molar-refractivity contribution in [3.8, 4) is 11.1 Å². The molecule has 0 saturated carbocycles. The summed E-state index contributed by atoms with van der Waals surface area (Å²) in [4.78, 5) is 25.1. The molecular formula is C21H19F3N2O4. The highest BCUT2D eigenvalue weighted by Crippen LogP contribution is 2.32. The Morgan fingerprint density at radius 1 is 1.17 bits per heavy atom. The maximum absolute atomic E-state index is 12.4. The lowest BCUT2D eigenvalue weighted by Crippen LogP contribution is -2.47. The number of fused-ring (bicyclic) bond motifs is 1. The Balaban J connectivity index is 2.04. The lowest BCUT2D eigenvalue weighted by Gasteiger charge is -2.27. The number of carbonyl (C=O) groups is 1. The van der Waals surface area contributed by atoms with Crippen LogP contribution in [0.1, 0.15) is 5.56 Å². The number of nitrogens with zero attached hydrogens (tertiary/aromatic N) is 1. The van der Waals surface area contributed by atoms with Crippen LogP contribution < -0.4 is 16.3 Å². The van der Waals surface area contributed by atoms with Crippen molar-refractivity contribution in [2.24, 2.45) is 5.73 Å². The summed E-state index contributed by atoms with van der Waals surface area (Å²) in [6.45, 7) is 0.941. The summed E-state index contributed by atoms with van der Waals surface area (Å²) in [6.07, 6.45) is -4.90. The highest BCUT2D eigenvalue weighted by Gasteiger charge is 2.33. The first kappa shape index (κ1) is 21.4. The summed E-state index contributed by atoms with van der Waals surface area (Å²) in [6, 6.07) is 12.3. The molecule has 0 aliphatic heterocycles. The SMILES string of the molecule is Cc1ccccc1-c1cc(=O)oc2cc(N(C)[C@@H](COC(F)(F)F)C(N)=O)ccc12. The van der Waals surface area contributed by atoms with E-state index in [1.54, 1.807) is 12.1 Å². The van der Waals surface area contributed by atoms with Crippen LogP contribution in [0.15, 0.2) is 57.7 Å². The van der Waals surface area contributed by atoms with Gasteiger partial charge in [0.05, 0.1) is 6.61 Å². The average molecular weight is 420 g/mol. The Labute approximate surface area is 169 Å². The number of hydrogen-bond acceptors (Lipinski definition) is 5. The van der Waals surface area contributed by atoms with Gasteiger partial charge < -0.3 is 15.1 Å². The molecule has 0 aliphatic carbocycles. The van der Waals surface area contributed by atoms with Crippen LogP contribution in [0.25, 0.3) is 22.1 Å². The lowest BCUT2D eigenvalue weighted by molar-refractivity contribution is -0.324. The largest absolute Gasteiger partial charge is 0.522 e. The van der Waals surface area contributed by atoms with E-state index < -0.39 is 30.5 Å². The maximum atomic E-state index is 12.4. The van der Waals surface area contributed by atoms with Gasteiger partial charge in [0.25, 0.3) is 0 Å². The molecule has 0 fully saturated rings. The van der Waals surface area contributed by atoms with Crippen LogP contribution in [-0.2, 0) is 9.53 Å². The van der Waals surface area contributed by atoms with Gasteiger partial charge in [-0.05, 0) is 30.2 Å². The number of benzene rings is 2. The average Bonchev–Trinajstić information content (AvgIpc) is 2.66. The second-order valence-electron chi connectivity index (χ2n) is 6.76. The van der Waals surface area contributed by atoms with Gasteiger partial charge in [0.2, 0.25) is 5.91 Å². The van der Waals surface area contributed by atoms with Crippen LogP contribution in [-0.4, -0.2) is 32.0 Å². The molecule has 3 aromatic rings. The van der Waals surface area contributed by atoms with E-state index in [4.69, 9.17) is 10.2 Å². The number of nitrogens with two attached hydrogens (primary N) is 1. The topological polar surface area (TPSA) is 85.8 Å². The van der Waals surface area contributed by atoms with E-state index in [0.29, 0.717) is 16.6 Å². The Hall–Kier alpha value is -3.33. The fraction of sp³-hybridized carbons (Fsp3) is 0.238. The minimum absolute atomic E-state index is 0.227. The van der Waals surface area contributed by atoms with E-state index in [2.05, 4.69) is 4.74 Å². The molecule has 158 valence electrons. The molecule has 1 amide bonds. The number of primary amides is 1. The van der Waals surface area contributed by atoms with Gasteiger partial charge in [-0.1, -0.05) is 24.3 Å². The first-order chi connectivity index (χ1) is 14.1. The maximum Gasteiger partial charge on any atom is 0.522 e. The molecule has 0 radical (unpaired) electrons. The quantitative estimate of drug-likeness (QED) is 0.616. The van der Waals surface area contributed by atoms with Crippen LogP contribution >= 0.6 is 0 Å². The van der Waals surface area contributed by atoms with Gasteiger partial charge in [0, 0.05) is 35.8 Å². The predicted molar refractivity (Wildman–Crippen MR) is 106 cm³/mol. The second-order valence-corrected chi connectivity index (χ2v) is 6.76. The van der Waals surface area contributed by atoms with E-state index in [9.17, 15) is 22.8 Å². The summed E-state index contributed by atoms with van der Waals surface area (Å²) < 4.78 is 46.3. The number of rotatable bonds is 6. The number of amides is 1. The molecule has 0 saturated heterocycles. The standard InChI is InChI=1S/C21H19F3N2O4/c1-12-5-3-4-6-14(12)16-10-19(27)30-18-9-13(7-8-15(16)18)26(2)17(20(25)28)11-29-21(22,23)24/h3-10,17H,11H2,1-2H3,(H2,25,28)/t17-/m0/s1. The van der Waals surface area contributed by atoms with Crippen molar-refractivity contribution in [1.29, 1.82) is 0 Å². The lowest BCUT2D eigenvalue weighted by atomic mass is 9.98. The minimum Gasteiger partial charge on any atom is -0.423 e. The minimum atomic E-state index is -4.90. The van der Waals surface area contributed by atoms with Gasteiger partial charge >= 0.3 is 12.0 Å². The molecule has 3 rings (SSSR count). The van der Waals surface area contributed by atoms with Crippen LogP contribution in [0.4, 0.5) is 18.9 Å². The van der Waals surface area contributed by atoms with Gasteiger partial charge in [-0.3, -0.25) is 9.53 Å². The van der Waals surface area contributed by atoms with E-state index in [1.807, 2.05) is 31.2 Å². The zero-order valence-corrected chi connectivity index (χ0v) is 16.2. The van der Waals surface area contributed by atoms with Crippen molar-refractivity contribution in [2.45, 2.75) is 19.3 Å². The number of alkyl halides is 3. The molecule has 1 heterocycles. The van der Waals surface area contributed by atoms with Crippen molar-refractivity contribution in [3.63, 3.8) is 0 Å². The van der Waals surface area contributed by atoms with Crippen LogP contribution in [0.3, 0.4) is 0 Å². The molecule has 30 heavy (non-hydrogen) atoms. The highest BCUT2D eigenvalue weighted by atomic mass is 19.4. The number of halogens is 3. The molecular weight excluding hydrogens is 401 g/mol. The van der Waals surface area contributed by atoms with Gasteiger partial charge in [0.1, 0.15) is 11.6 Å². The summed E-state index contributed by atoms with van der Waals surface area (Å²) >= 11 is 0. The molecule has 2 N–H and O–H groups in total. The molecule has 1 atom stereocenters. The molecule has 6 nitrogen and oxygen atoms in total. The Bertz CT molecular complexity index is 1140. The third kappa shape index (κ3) is 4.62. The third-order valence-corrected chi connectivity index (χ3v) is 4.77. The molecule has 0 bridgehead atoms. The molecule has 0 unspecified atom stereocenters. The normalized spacial score (nSPS) is 12.7. The van der Waals surface area contributed by atoms with E-state index >= 15 is 0 Å². The second kappa shape index (κ2) is 8.19. The van der Waals surface area contributed by atoms with Gasteiger partial charge in [-0.2, -0.15) is 0 Å². The number of carbonyl (C=O) groups excluding carboxylic acids is 1. The van der Waals surface area contributed by atoms with E-state index in [0.717, 1.165) is 11.1 Å². The molecule has 0 aliphatic rings. The zero-order valence-electron chi connectivity index (χ0n) is 16.2. The fourth-order valence-electron chi connectivity index (χ4n) is 3.21. The Morgan fingerprint density at radius 3 is 2.50 bits per heavy atom. The summed E-state index contributed by atoms with van der Waals surface area (Å²) in [5.74, 6) is -0.989. The first-order valence-corrected chi connectivity index (χ1v) is 8.93. The fourth-order valence-corrected chi connectivity index (χ4v) is 3.21. The van der Waals surface area contributed by atoms with Crippen LogP contribution in [0.2, 0.25) is 0 Å². The number of aryl methyl sites for hydroxylation is 1. The van der Waals surface area contributed by atoms with E-state index in [-0.39, 0.29) is 5.58 Å². The molecule has 0 spiro atoms.